The number of anilines is 2. The van der Waals surface area contributed by atoms with Gasteiger partial charge in [0, 0.05) is 61.5 Å². The molecule has 8 nitrogen and oxygen atoms in total. The van der Waals surface area contributed by atoms with Gasteiger partial charge in [0.2, 0.25) is 5.95 Å². The van der Waals surface area contributed by atoms with E-state index in [-0.39, 0.29) is 0 Å². The van der Waals surface area contributed by atoms with Crippen molar-refractivity contribution in [1.82, 2.24) is 24.6 Å². The molecule has 0 amide bonds. The first-order valence-corrected chi connectivity index (χ1v) is 12.8. The summed E-state index contributed by atoms with van der Waals surface area (Å²) in [5.74, 6) is 3.04. The van der Waals surface area contributed by atoms with E-state index >= 15 is 0 Å². The first-order chi connectivity index (χ1) is 17.0. The molecule has 6 heterocycles. The maximum atomic E-state index is 6.42. The third-order valence-electron chi connectivity index (χ3n) is 7.93. The number of benzene rings is 1. The van der Waals surface area contributed by atoms with Crippen molar-refractivity contribution >= 4 is 23.4 Å². The molecule has 0 radical (unpaired) electrons. The zero-order valence-corrected chi connectivity index (χ0v) is 21.0. The molecule has 1 atom stereocenters. The lowest BCUT2D eigenvalue weighted by atomic mass is 9.73. The molecule has 0 N–H and O–H groups in total. The van der Waals surface area contributed by atoms with E-state index in [0.29, 0.717) is 11.5 Å². The van der Waals surface area contributed by atoms with E-state index in [1.54, 1.807) is 0 Å². The molecule has 182 valence electrons. The smallest absolute Gasteiger partial charge is 0.231 e. The molecular weight excluding hydrogens is 462 g/mol. The van der Waals surface area contributed by atoms with E-state index < -0.39 is 0 Å². The normalized spacial score (nSPS) is 23.0. The van der Waals surface area contributed by atoms with E-state index in [1.807, 2.05) is 6.07 Å². The van der Waals surface area contributed by atoms with Gasteiger partial charge in [-0.15, -0.1) is 10.2 Å². The van der Waals surface area contributed by atoms with Gasteiger partial charge in [-0.1, -0.05) is 11.6 Å². The van der Waals surface area contributed by atoms with Crippen LogP contribution in [-0.2, 0) is 17.8 Å². The Morgan fingerprint density at radius 3 is 2.60 bits per heavy atom. The Hall–Kier alpha value is -2.68. The third kappa shape index (κ3) is 3.61. The molecule has 0 bridgehead atoms. The van der Waals surface area contributed by atoms with Gasteiger partial charge in [0.25, 0.3) is 0 Å². The Balaban J connectivity index is 1.14. The predicted molar refractivity (Wildman–Crippen MR) is 135 cm³/mol. The maximum Gasteiger partial charge on any atom is 0.231 e. The van der Waals surface area contributed by atoms with Crippen LogP contribution >= 0.6 is 11.6 Å². The molecule has 3 saturated heterocycles. The lowest BCUT2D eigenvalue weighted by molar-refractivity contribution is 0.133. The van der Waals surface area contributed by atoms with Gasteiger partial charge >= 0.3 is 0 Å². The molecule has 7 rings (SSSR count). The minimum Gasteiger partial charge on any atom is -0.380 e. The summed E-state index contributed by atoms with van der Waals surface area (Å²) >= 11 is 6.42. The van der Waals surface area contributed by atoms with Crippen LogP contribution in [-0.4, -0.2) is 70.1 Å². The second-order valence-electron chi connectivity index (χ2n) is 10.8. The van der Waals surface area contributed by atoms with Crippen LogP contribution in [0.3, 0.4) is 0 Å². The SMILES string of the molecule is Cc1cc(C)nc(N2CC3(C2)CN(c2nnc4n2-c2ccc(Cl)cc2CN([C@H]2CCOC2)C4)C3)c1. The highest BCUT2D eigenvalue weighted by molar-refractivity contribution is 6.30. The van der Waals surface area contributed by atoms with E-state index in [4.69, 9.17) is 26.4 Å². The fourth-order valence-corrected chi connectivity index (χ4v) is 6.49. The number of hydrogen-bond donors (Lipinski definition) is 0. The zero-order chi connectivity index (χ0) is 23.7. The monoisotopic (exact) mass is 491 g/mol. The van der Waals surface area contributed by atoms with Crippen LogP contribution in [0.2, 0.25) is 5.02 Å². The predicted octanol–water partition coefficient (Wildman–Crippen LogP) is 3.36. The van der Waals surface area contributed by atoms with Gasteiger partial charge in [-0.3, -0.25) is 9.47 Å². The van der Waals surface area contributed by atoms with Crippen molar-refractivity contribution in [3.8, 4) is 5.69 Å². The number of halogens is 1. The van der Waals surface area contributed by atoms with Crippen molar-refractivity contribution in [2.45, 2.75) is 39.4 Å². The van der Waals surface area contributed by atoms with Gasteiger partial charge in [-0.2, -0.15) is 0 Å². The molecule has 0 saturated carbocycles. The summed E-state index contributed by atoms with van der Waals surface area (Å²) in [7, 11) is 0. The average molecular weight is 492 g/mol. The van der Waals surface area contributed by atoms with Gasteiger partial charge in [-0.05, 0) is 61.7 Å². The highest BCUT2D eigenvalue weighted by Crippen LogP contribution is 2.44. The Morgan fingerprint density at radius 2 is 1.83 bits per heavy atom. The Labute approximate surface area is 210 Å². The van der Waals surface area contributed by atoms with Crippen LogP contribution < -0.4 is 9.80 Å². The van der Waals surface area contributed by atoms with E-state index in [1.165, 1.54) is 11.1 Å². The molecular formula is C26H30ClN7O. The second-order valence-corrected chi connectivity index (χ2v) is 11.2. The first kappa shape index (κ1) is 21.6. The number of aryl methyl sites for hydroxylation is 2. The van der Waals surface area contributed by atoms with Gasteiger partial charge < -0.3 is 14.5 Å². The lowest BCUT2D eigenvalue weighted by Gasteiger charge is -2.60. The summed E-state index contributed by atoms with van der Waals surface area (Å²) in [6, 6.07) is 10.9. The summed E-state index contributed by atoms with van der Waals surface area (Å²) in [5, 5.41) is 10.1. The first-order valence-electron chi connectivity index (χ1n) is 12.5. The number of rotatable bonds is 3. The fourth-order valence-electron chi connectivity index (χ4n) is 6.30. The van der Waals surface area contributed by atoms with Crippen molar-refractivity contribution in [1.29, 1.82) is 0 Å². The summed E-state index contributed by atoms with van der Waals surface area (Å²) in [6.45, 7) is 11.5. The standard InChI is InChI=1S/C26H30ClN7O/c1-17-7-18(2)28-23(8-17)32-13-26(14-32)15-33(16-26)25-30-29-24-11-31(21-5-6-35-12-21)10-19-9-20(27)3-4-22(19)34(24)25/h3-4,7-9,21H,5-6,10-16H2,1-2H3/t21-/m0/s1. The highest BCUT2D eigenvalue weighted by Gasteiger charge is 2.53. The summed E-state index contributed by atoms with van der Waals surface area (Å²) in [5.41, 5.74) is 5.02. The molecule has 4 aliphatic rings. The fraction of sp³-hybridized carbons (Fsp3) is 0.500. The largest absolute Gasteiger partial charge is 0.380 e. The van der Waals surface area contributed by atoms with E-state index in [0.717, 1.165) is 92.9 Å². The number of pyridine rings is 1. The molecule has 2 aromatic heterocycles. The van der Waals surface area contributed by atoms with Crippen molar-refractivity contribution in [3.63, 3.8) is 0 Å². The van der Waals surface area contributed by atoms with E-state index in [9.17, 15) is 0 Å². The van der Waals surface area contributed by atoms with Gasteiger partial charge in [0.1, 0.15) is 5.82 Å². The van der Waals surface area contributed by atoms with Crippen molar-refractivity contribution in [2.24, 2.45) is 5.41 Å². The number of hydrogen-bond acceptors (Lipinski definition) is 7. The third-order valence-corrected chi connectivity index (χ3v) is 8.17. The zero-order valence-electron chi connectivity index (χ0n) is 20.2. The highest BCUT2D eigenvalue weighted by atomic mass is 35.5. The average Bonchev–Trinajstić information content (AvgIpc) is 3.39. The Kier molecular flexibility index (Phi) is 4.88. The Bertz CT molecular complexity index is 1270. The molecule has 0 unspecified atom stereocenters. The lowest BCUT2D eigenvalue weighted by Crippen LogP contribution is -2.73. The summed E-state index contributed by atoms with van der Waals surface area (Å²) in [4.78, 5) is 12.0. The van der Waals surface area contributed by atoms with Crippen LogP contribution in [0.5, 0.6) is 0 Å². The Morgan fingerprint density at radius 1 is 1.00 bits per heavy atom. The quantitative estimate of drug-likeness (QED) is 0.556. The van der Waals surface area contributed by atoms with Crippen molar-refractivity contribution in [2.75, 3.05) is 49.2 Å². The van der Waals surface area contributed by atoms with E-state index in [2.05, 4.69) is 62.5 Å². The number of aromatic nitrogens is 4. The van der Waals surface area contributed by atoms with Crippen molar-refractivity contribution in [3.05, 3.63) is 58.0 Å². The molecule has 9 heteroatoms. The van der Waals surface area contributed by atoms with Crippen molar-refractivity contribution < 1.29 is 4.74 Å². The van der Waals surface area contributed by atoms with Gasteiger partial charge in [0.05, 0.1) is 18.8 Å². The summed E-state index contributed by atoms with van der Waals surface area (Å²) < 4.78 is 7.95. The molecule has 4 aliphatic heterocycles. The van der Waals surface area contributed by atoms with Crippen LogP contribution in [0.4, 0.5) is 11.8 Å². The number of fused-ring (bicyclic) bond motifs is 3. The second kappa shape index (κ2) is 7.91. The van der Waals surface area contributed by atoms with Crippen LogP contribution in [0, 0.1) is 19.3 Å². The molecule has 3 aromatic rings. The molecule has 35 heavy (non-hydrogen) atoms. The minimum absolute atomic E-state index is 0.312. The molecule has 1 aromatic carbocycles. The summed E-state index contributed by atoms with van der Waals surface area (Å²) in [6.07, 6.45) is 1.05. The minimum atomic E-state index is 0.312. The van der Waals surface area contributed by atoms with Gasteiger partial charge in [0.15, 0.2) is 5.82 Å². The maximum absolute atomic E-state index is 6.42. The molecule has 0 aliphatic carbocycles. The van der Waals surface area contributed by atoms with Gasteiger partial charge in [-0.25, -0.2) is 4.98 Å². The number of ether oxygens (including phenoxy) is 1. The molecule has 1 spiro atoms. The number of nitrogens with zero attached hydrogens (tertiary/aromatic N) is 7. The van der Waals surface area contributed by atoms with Crippen LogP contribution in [0.1, 0.15) is 29.1 Å². The van der Waals surface area contributed by atoms with Crippen LogP contribution in [0.25, 0.3) is 5.69 Å². The topological polar surface area (TPSA) is 62.6 Å². The van der Waals surface area contributed by atoms with Crippen LogP contribution in [0.15, 0.2) is 30.3 Å². The molecule has 3 fully saturated rings.